The quantitative estimate of drug-likeness (QED) is 0.384. The minimum atomic E-state index is -0.167. The standard InChI is InChI=1S/C24H21N3O2/c28-24(13-10-19-17-26-27(18-19)22-8-2-1-3-9-22)25-14-15-29-23-12-11-20-6-4-5-7-21(20)16-23/h1-13,16-18H,14-15H2,(H,25,28)/b13-10+. The van der Waals surface area contributed by atoms with Gasteiger partial charge in [0, 0.05) is 17.8 Å². The van der Waals surface area contributed by atoms with Gasteiger partial charge in [-0.2, -0.15) is 5.10 Å². The lowest BCUT2D eigenvalue weighted by Gasteiger charge is -2.07. The number of hydrogen-bond acceptors (Lipinski definition) is 3. The molecular formula is C24H21N3O2. The second-order valence-electron chi connectivity index (χ2n) is 6.54. The number of amides is 1. The predicted molar refractivity (Wildman–Crippen MR) is 115 cm³/mol. The molecule has 144 valence electrons. The lowest BCUT2D eigenvalue weighted by atomic mass is 10.1. The minimum Gasteiger partial charge on any atom is -0.492 e. The Bertz CT molecular complexity index is 1130. The van der Waals surface area contributed by atoms with Gasteiger partial charge in [-0.05, 0) is 41.1 Å². The van der Waals surface area contributed by atoms with Gasteiger partial charge in [-0.3, -0.25) is 4.79 Å². The Kier molecular flexibility index (Phi) is 5.67. The van der Waals surface area contributed by atoms with E-state index in [1.165, 1.54) is 11.5 Å². The van der Waals surface area contributed by atoms with Gasteiger partial charge in [0.1, 0.15) is 12.4 Å². The van der Waals surface area contributed by atoms with Crippen molar-refractivity contribution in [3.8, 4) is 11.4 Å². The summed E-state index contributed by atoms with van der Waals surface area (Å²) in [4.78, 5) is 12.0. The minimum absolute atomic E-state index is 0.167. The van der Waals surface area contributed by atoms with Crippen molar-refractivity contribution in [2.75, 3.05) is 13.2 Å². The van der Waals surface area contributed by atoms with Crippen molar-refractivity contribution in [3.63, 3.8) is 0 Å². The fraction of sp³-hybridized carbons (Fsp3) is 0.0833. The molecular weight excluding hydrogens is 362 g/mol. The largest absolute Gasteiger partial charge is 0.492 e. The molecule has 0 spiro atoms. The average molecular weight is 383 g/mol. The predicted octanol–water partition coefficient (Wildman–Crippen LogP) is 4.23. The summed E-state index contributed by atoms with van der Waals surface area (Å²) in [5.41, 5.74) is 1.83. The Morgan fingerprint density at radius 2 is 1.79 bits per heavy atom. The molecule has 0 unspecified atom stereocenters. The summed E-state index contributed by atoms with van der Waals surface area (Å²) in [7, 11) is 0. The fourth-order valence-electron chi connectivity index (χ4n) is 2.98. The van der Waals surface area contributed by atoms with Gasteiger partial charge in [-0.25, -0.2) is 4.68 Å². The smallest absolute Gasteiger partial charge is 0.244 e. The number of nitrogens with zero attached hydrogens (tertiary/aromatic N) is 2. The van der Waals surface area contributed by atoms with Crippen molar-refractivity contribution in [3.05, 3.63) is 96.8 Å². The van der Waals surface area contributed by atoms with E-state index in [1.54, 1.807) is 17.0 Å². The van der Waals surface area contributed by atoms with E-state index in [1.807, 2.05) is 66.9 Å². The topological polar surface area (TPSA) is 56.2 Å². The summed E-state index contributed by atoms with van der Waals surface area (Å²) < 4.78 is 7.50. The number of carbonyl (C=O) groups is 1. The molecule has 5 heteroatoms. The normalized spacial score (nSPS) is 11.0. The Morgan fingerprint density at radius 3 is 2.66 bits per heavy atom. The molecule has 3 aromatic carbocycles. The molecule has 1 amide bonds. The number of hydrogen-bond donors (Lipinski definition) is 1. The van der Waals surface area contributed by atoms with Crippen LogP contribution in [0.15, 0.2) is 91.3 Å². The molecule has 1 aromatic heterocycles. The third-order valence-corrected chi connectivity index (χ3v) is 4.44. The third-order valence-electron chi connectivity index (χ3n) is 4.44. The van der Waals surface area contributed by atoms with E-state index in [0.717, 1.165) is 22.4 Å². The molecule has 1 N–H and O–H groups in total. The number of carbonyl (C=O) groups excluding carboxylic acids is 1. The van der Waals surface area contributed by atoms with Crippen molar-refractivity contribution in [2.24, 2.45) is 0 Å². The zero-order chi connectivity index (χ0) is 19.9. The van der Waals surface area contributed by atoms with Crippen LogP contribution in [0, 0.1) is 0 Å². The molecule has 1 heterocycles. The van der Waals surface area contributed by atoms with Gasteiger partial charge in [-0.15, -0.1) is 0 Å². The molecule has 5 nitrogen and oxygen atoms in total. The molecule has 0 atom stereocenters. The van der Waals surface area contributed by atoms with Crippen LogP contribution in [0.3, 0.4) is 0 Å². The van der Waals surface area contributed by atoms with Crippen LogP contribution in [-0.4, -0.2) is 28.8 Å². The molecule has 29 heavy (non-hydrogen) atoms. The summed E-state index contributed by atoms with van der Waals surface area (Å²) >= 11 is 0. The summed E-state index contributed by atoms with van der Waals surface area (Å²) in [5, 5.41) is 9.44. The zero-order valence-electron chi connectivity index (χ0n) is 15.9. The maximum absolute atomic E-state index is 12.0. The van der Waals surface area contributed by atoms with Gasteiger partial charge < -0.3 is 10.1 Å². The summed E-state index contributed by atoms with van der Waals surface area (Å²) in [6.45, 7) is 0.836. The van der Waals surface area contributed by atoms with Crippen LogP contribution in [0.1, 0.15) is 5.56 Å². The molecule has 0 saturated heterocycles. The molecule has 0 fully saturated rings. The Labute approximate surface area is 169 Å². The number of aromatic nitrogens is 2. The van der Waals surface area contributed by atoms with Gasteiger partial charge in [-0.1, -0.05) is 48.5 Å². The van der Waals surface area contributed by atoms with E-state index in [0.29, 0.717) is 13.2 Å². The van der Waals surface area contributed by atoms with E-state index in [-0.39, 0.29) is 5.91 Å². The van der Waals surface area contributed by atoms with Crippen LogP contribution in [-0.2, 0) is 4.79 Å². The highest BCUT2D eigenvalue weighted by Gasteiger charge is 2.01. The summed E-state index contributed by atoms with van der Waals surface area (Å²) in [5.74, 6) is 0.626. The van der Waals surface area contributed by atoms with E-state index >= 15 is 0 Å². The maximum atomic E-state index is 12.0. The number of fused-ring (bicyclic) bond motifs is 1. The molecule has 0 saturated carbocycles. The first-order chi connectivity index (χ1) is 14.3. The van der Waals surface area contributed by atoms with Crippen molar-refractivity contribution < 1.29 is 9.53 Å². The van der Waals surface area contributed by atoms with Gasteiger partial charge >= 0.3 is 0 Å². The van der Waals surface area contributed by atoms with Crippen LogP contribution >= 0.6 is 0 Å². The van der Waals surface area contributed by atoms with Crippen LogP contribution in [0.25, 0.3) is 22.5 Å². The number of rotatable bonds is 7. The number of para-hydroxylation sites is 1. The van der Waals surface area contributed by atoms with E-state index in [4.69, 9.17) is 4.74 Å². The fourth-order valence-corrected chi connectivity index (χ4v) is 2.98. The molecule has 4 rings (SSSR count). The first-order valence-corrected chi connectivity index (χ1v) is 9.45. The number of nitrogens with one attached hydrogen (secondary N) is 1. The van der Waals surface area contributed by atoms with Gasteiger partial charge in [0.15, 0.2) is 0 Å². The monoisotopic (exact) mass is 383 g/mol. The third kappa shape index (κ3) is 4.90. The van der Waals surface area contributed by atoms with Crippen LogP contribution < -0.4 is 10.1 Å². The number of ether oxygens (including phenoxy) is 1. The zero-order valence-corrected chi connectivity index (χ0v) is 15.9. The molecule has 0 bridgehead atoms. The Morgan fingerprint density at radius 1 is 1.00 bits per heavy atom. The highest BCUT2D eigenvalue weighted by Crippen LogP contribution is 2.20. The molecule has 0 aliphatic carbocycles. The molecule has 0 aliphatic heterocycles. The highest BCUT2D eigenvalue weighted by molar-refractivity contribution is 5.91. The molecule has 0 radical (unpaired) electrons. The Balaban J connectivity index is 1.24. The number of benzene rings is 3. The lowest BCUT2D eigenvalue weighted by Crippen LogP contribution is -2.26. The average Bonchev–Trinajstić information content (AvgIpc) is 3.25. The second kappa shape index (κ2) is 8.89. The molecule has 0 aliphatic rings. The molecule has 4 aromatic rings. The van der Waals surface area contributed by atoms with Gasteiger partial charge in [0.25, 0.3) is 0 Å². The van der Waals surface area contributed by atoms with Crippen molar-refractivity contribution in [1.29, 1.82) is 0 Å². The second-order valence-corrected chi connectivity index (χ2v) is 6.54. The van der Waals surface area contributed by atoms with Gasteiger partial charge in [0.05, 0.1) is 18.4 Å². The van der Waals surface area contributed by atoms with Crippen LogP contribution in [0.5, 0.6) is 5.75 Å². The van der Waals surface area contributed by atoms with E-state index in [9.17, 15) is 4.79 Å². The SMILES string of the molecule is O=C(/C=C/c1cnn(-c2ccccc2)c1)NCCOc1ccc2ccccc2c1. The lowest BCUT2D eigenvalue weighted by molar-refractivity contribution is -0.116. The van der Waals surface area contributed by atoms with Crippen LogP contribution in [0.2, 0.25) is 0 Å². The van der Waals surface area contributed by atoms with Crippen LogP contribution in [0.4, 0.5) is 0 Å². The van der Waals surface area contributed by atoms with Crippen molar-refractivity contribution in [2.45, 2.75) is 0 Å². The summed E-state index contributed by atoms with van der Waals surface area (Å²) in [6, 6.07) is 23.9. The van der Waals surface area contributed by atoms with Crippen molar-refractivity contribution in [1.82, 2.24) is 15.1 Å². The van der Waals surface area contributed by atoms with Crippen molar-refractivity contribution >= 4 is 22.8 Å². The summed E-state index contributed by atoms with van der Waals surface area (Å²) in [6.07, 6.45) is 6.84. The maximum Gasteiger partial charge on any atom is 0.244 e. The van der Waals surface area contributed by atoms with Gasteiger partial charge in [0.2, 0.25) is 5.91 Å². The first-order valence-electron chi connectivity index (χ1n) is 9.45. The first kappa shape index (κ1) is 18.5. The Hall–Kier alpha value is -3.86. The van der Waals surface area contributed by atoms with E-state index in [2.05, 4.69) is 22.5 Å². The highest BCUT2D eigenvalue weighted by atomic mass is 16.5. The van der Waals surface area contributed by atoms with E-state index < -0.39 is 0 Å².